The average Bonchev–Trinajstić information content (AvgIpc) is 2.40. The molecule has 0 unspecified atom stereocenters. The lowest BCUT2D eigenvalue weighted by atomic mass is 9.79. The summed E-state index contributed by atoms with van der Waals surface area (Å²) in [6.07, 6.45) is 4.83. The molecule has 0 saturated carbocycles. The zero-order valence-corrected chi connectivity index (χ0v) is 12.6. The van der Waals surface area contributed by atoms with E-state index in [9.17, 15) is 0 Å². The van der Waals surface area contributed by atoms with Gasteiger partial charge in [0.2, 0.25) is 0 Å². The van der Waals surface area contributed by atoms with Gasteiger partial charge in [-0.05, 0) is 51.1 Å². The summed E-state index contributed by atoms with van der Waals surface area (Å²) < 4.78 is 11.0. The van der Waals surface area contributed by atoms with Gasteiger partial charge >= 0.3 is 0 Å². The first kappa shape index (κ1) is 15.2. The van der Waals surface area contributed by atoms with Crippen LogP contribution in [0.3, 0.4) is 0 Å². The van der Waals surface area contributed by atoms with Crippen LogP contribution in [-0.4, -0.2) is 65.1 Å². The van der Waals surface area contributed by atoms with Gasteiger partial charge in [-0.2, -0.15) is 0 Å². The number of nitrogens with one attached hydrogen (secondary N) is 1. The summed E-state index contributed by atoms with van der Waals surface area (Å²) in [5, 5.41) is 3.39. The van der Waals surface area contributed by atoms with Gasteiger partial charge in [-0.25, -0.2) is 0 Å². The van der Waals surface area contributed by atoms with E-state index in [1.807, 2.05) is 0 Å². The average molecular weight is 270 g/mol. The SMILES string of the molecule is CNCC1(CN(C)CC2CCOCC2)CCOCC1. The number of ether oxygens (including phenoxy) is 2. The maximum absolute atomic E-state index is 5.54. The predicted octanol–water partition coefficient (Wildman–Crippen LogP) is 1.36. The molecule has 19 heavy (non-hydrogen) atoms. The number of rotatable bonds is 6. The molecule has 0 atom stereocenters. The van der Waals surface area contributed by atoms with Crippen LogP contribution in [0.4, 0.5) is 0 Å². The smallest absolute Gasteiger partial charge is 0.0472 e. The quantitative estimate of drug-likeness (QED) is 0.790. The van der Waals surface area contributed by atoms with Gasteiger partial charge in [0.15, 0.2) is 0 Å². The highest BCUT2D eigenvalue weighted by Gasteiger charge is 2.33. The molecule has 112 valence electrons. The molecule has 2 heterocycles. The van der Waals surface area contributed by atoms with E-state index >= 15 is 0 Å². The van der Waals surface area contributed by atoms with Crippen molar-refractivity contribution in [2.75, 3.05) is 60.2 Å². The fourth-order valence-corrected chi connectivity index (χ4v) is 3.58. The fraction of sp³-hybridized carbons (Fsp3) is 1.00. The predicted molar refractivity (Wildman–Crippen MR) is 77.5 cm³/mol. The minimum Gasteiger partial charge on any atom is -0.381 e. The van der Waals surface area contributed by atoms with Crippen molar-refractivity contribution < 1.29 is 9.47 Å². The first-order valence-corrected chi connectivity index (χ1v) is 7.73. The Morgan fingerprint density at radius 3 is 2.37 bits per heavy atom. The second-order valence-corrected chi connectivity index (χ2v) is 6.40. The molecule has 1 N–H and O–H groups in total. The van der Waals surface area contributed by atoms with E-state index in [-0.39, 0.29) is 0 Å². The van der Waals surface area contributed by atoms with Crippen molar-refractivity contribution in [2.24, 2.45) is 11.3 Å². The largest absolute Gasteiger partial charge is 0.381 e. The van der Waals surface area contributed by atoms with Gasteiger partial charge in [-0.15, -0.1) is 0 Å². The second kappa shape index (κ2) is 7.58. The maximum atomic E-state index is 5.54. The van der Waals surface area contributed by atoms with Crippen molar-refractivity contribution in [3.63, 3.8) is 0 Å². The van der Waals surface area contributed by atoms with Crippen molar-refractivity contribution in [1.82, 2.24) is 10.2 Å². The highest BCUT2D eigenvalue weighted by Crippen LogP contribution is 2.31. The molecule has 4 heteroatoms. The standard InChI is InChI=1S/C15H30N2O2/c1-16-12-15(5-9-19-10-6-15)13-17(2)11-14-3-7-18-8-4-14/h14,16H,3-13H2,1-2H3. The lowest BCUT2D eigenvalue weighted by Crippen LogP contribution is -2.47. The highest BCUT2D eigenvalue weighted by atomic mass is 16.5. The third kappa shape index (κ3) is 4.71. The molecule has 0 aromatic rings. The topological polar surface area (TPSA) is 33.7 Å². The van der Waals surface area contributed by atoms with Gasteiger partial charge in [-0.1, -0.05) is 0 Å². The Morgan fingerprint density at radius 2 is 1.74 bits per heavy atom. The molecule has 0 spiro atoms. The molecular weight excluding hydrogens is 240 g/mol. The number of hydrogen-bond donors (Lipinski definition) is 1. The molecule has 2 aliphatic heterocycles. The second-order valence-electron chi connectivity index (χ2n) is 6.40. The lowest BCUT2D eigenvalue weighted by Gasteiger charge is -2.41. The first-order valence-electron chi connectivity index (χ1n) is 7.73. The van der Waals surface area contributed by atoms with E-state index in [4.69, 9.17) is 9.47 Å². The van der Waals surface area contributed by atoms with E-state index in [0.29, 0.717) is 5.41 Å². The van der Waals surface area contributed by atoms with E-state index in [1.165, 1.54) is 38.8 Å². The van der Waals surface area contributed by atoms with Crippen LogP contribution in [-0.2, 0) is 9.47 Å². The molecule has 2 aliphatic rings. The zero-order chi connectivity index (χ0) is 13.6. The minimum absolute atomic E-state index is 0.410. The van der Waals surface area contributed by atoms with Gasteiger partial charge < -0.3 is 19.7 Å². The van der Waals surface area contributed by atoms with Crippen molar-refractivity contribution in [1.29, 1.82) is 0 Å². The Morgan fingerprint density at radius 1 is 1.11 bits per heavy atom. The molecule has 0 aromatic carbocycles. The van der Waals surface area contributed by atoms with Crippen LogP contribution < -0.4 is 5.32 Å². The van der Waals surface area contributed by atoms with Gasteiger partial charge in [-0.3, -0.25) is 0 Å². The summed E-state index contributed by atoms with van der Waals surface area (Å²) in [5.41, 5.74) is 0.410. The molecule has 0 aliphatic carbocycles. The number of nitrogens with zero attached hydrogens (tertiary/aromatic N) is 1. The Bertz CT molecular complexity index is 243. The first-order chi connectivity index (χ1) is 9.24. The molecular formula is C15H30N2O2. The summed E-state index contributed by atoms with van der Waals surface area (Å²) in [6.45, 7) is 7.26. The molecule has 0 radical (unpaired) electrons. The van der Waals surface area contributed by atoms with Crippen molar-refractivity contribution in [2.45, 2.75) is 25.7 Å². The van der Waals surface area contributed by atoms with Gasteiger partial charge in [0, 0.05) is 46.1 Å². The van der Waals surface area contributed by atoms with Crippen molar-refractivity contribution in [3.8, 4) is 0 Å². The van der Waals surface area contributed by atoms with Crippen LogP contribution in [0, 0.1) is 11.3 Å². The molecule has 4 nitrogen and oxygen atoms in total. The van der Waals surface area contributed by atoms with Crippen LogP contribution in [0.5, 0.6) is 0 Å². The summed E-state index contributed by atoms with van der Waals surface area (Å²) in [5.74, 6) is 0.824. The van der Waals surface area contributed by atoms with Gasteiger partial charge in [0.05, 0.1) is 0 Å². The maximum Gasteiger partial charge on any atom is 0.0472 e. The summed E-state index contributed by atoms with van der Waals surface area (Å²) in [4.78, 5) is 2.54. The van der Waals surface area contributed by atoms with Crippen LogP contribution >= 0.6 is 0 Å². The Labute approximate surface area is 117 Å². The Hall–Kier alpha value is -0.160. The van der Waals surface area contributed by atoms with E-state index in [0.717, 1.165) is 38.9 Å². The van der Waals surface area contributed by atoms with E-state index in [1.54, 1.807) is 0 Å². The summed E-state index contributed by atoms with van der Waals surface area (Å²) in [6, 6.07) is 0. The van der Waals surface area contributed by atoms with Crippen LogP contribution in [0.15, 0.2) is 0 Å². The monoisotopic (exact) mass is 270 g/mol. The summed E-state index contributed by atoms with van der Waals surface area (Å²) in [7, 11) is 4.35. The highest BCUT2D eigenvalue weighted by molar-refractivity contribution is 4.86. The van der Waals surface area contributed by atoms with Crippen LogP contribution in [0.1, 0.15) is 25.7 Å². The van der Waals surface area contributed by atoms with Crippen LogP contribution in [0.25, 0.3) is 0 Å². The third-order valence-corrected chi connectivity index (χ3v) is 4.62. The Kier molecular flexibility index (Phi) is 6.07. The van der Waals surface area contributed by atoms with E-state index in [2.05, 4.69) is 24.3 Å². The number of hydrogen-bond acceptors (Lipinski definition) is 4. The molecule has 0 amide bonds. The van der Waals surface area contributed by atoms with E-state index < -0.39 is 0 Å². The molecule has 2 fully saturated rings. The normalized spacial score (nSPS) is 24.8. The zero-order valence-electron chi connectivity index (χ0n) is 12.6. The summed E-state index contributed by atoms with van der Waals surface area (Å²) >= 11 is 0. The Balaban J connectivity index is 1.81. The third-order valence-electron chi connectivity index (χ3n) is 4.62. The molecule has 0 aromatic heterocycles. The molecule has 2 rings (SSSR count). The van der Waals surface area contributed by atoms with Gasteiger partial charge in [0.25, 0.3) is 0 Å². The van der Waals surface area contributed by atoms with Crippen LogP contribution in [0.2, 0.25) is 0 Å². The molecule has 2 saturated heterocycles. The van der Waals surface area contributed by atoms with Gasteiger partial charge in [0.1, 0.15) is 0 Å². The van der Waals surface area contributed by atoms with Crippen molar-refractivity contribution >= 4 is 0 Å². The van der Waals surface area contributed by atoms with Crippen molar-refractivity contribution in [3.05, 3.63) is 0 Å². The fourth-order valence-electron chi connectivity index (χ4n) is 3.58. The molecule has 0 bridgehead atoms. The lowest BCUT2D eigenvalue weighted by molar-refractivity contribution is -0.00603. The minimum atomic E-state index is 0.410.